The van der Waals surface area contributed by atoms with Crippen LogP contribution in [0.5, 0.6) is 0 Å². The second-order valence-electron chi connectivity index (χ2n) is 8.13. The van der Waals surface area contributed by atoms with Gasteiger partial charge in [-0.15, -0.1) is 0 Å². The molecule has 0 saturated carbocycles. The molecule has 0 aromatic carbocycles. The van der Waals surface area contributed by atoms with Crippen molar-refractivity contribution in [1.29, 1.82) is 0 Å². The quantitative estimate of drug-likeness (QED) is 0.114. The maximum absolute atomic E-state index is 10.3. The van der Waals surface area contributed by atoms with Crippen molar-refractivity contribution in [3.8, 4) is 0 Å². The van der Waals surface area contributed by atoms with Crippen molar-refractivity contribution in [2.24, 2.45) is 0 Å². The fourth-order valence-corrected chi connectivity index (χ4v) is 3.46. The van der Waals surface area contributed by atoms with Gasteiger partial charge in [0.2, 0.25) is 0 Å². The highest BCUT2D eigenvalue weighted by Gasteiger charge is 2.02. The molecule has 0 bridgehead atoms. The van der Waals surface area contributed by atoms with Crippen LogP contribution in [-0.2, 0) is 28.8 Å². The third-order valence-electron chi connectivity index (χ3n) is 4.95. The third-order valence-corrected chi connectivity index (χ3v) is 5.41. The molecule has 0 aromatic rings. The van der Waals surface area contributed by atoms with E-state index in [1.165, 1.54) is 70.6 Å². The Morgan fingerprint density at radius 3 is 1.15 bits per heavy atom. The molecule has 208 valence electrons. The van der Waals surface area contributed by atoms with E-state index in [1.54, 1.807) is 0 Å². The van der Waals surface area contributed by atoms with E-state index in [9.17, 15) is 8.42 Å². The second kappa shape index (κ2) is 30.7. The highest BCUT2D eigenvalue weighted by molar-refractivity contribution is 7.80. The first-order valence-electron chi connectivity index (χ1n) is 13.0. The lowest BCUT2D eigenvalue weighted by Gasteiger charge is -2.04. The molecule has 0 atom stereocenters. The predicted molar refractivity (Wildman–Crippen MR) is 134 cm³/mol. The van der Waals surface area contributed by atoms with Crippen LogP contribution in [0.1, 0.15) is 96.8 Å². The van der Waals surface area contributed by atoms with E-state index in [0.29, 0.717) is 46.1 Å². The minimum atomic E-state index is -4.24. The van der Waals surface area contributed by atoms with Gasteiger partial charge in [-0.3, -0.25) is 4.55 Å². The van der Waals surface area contributed by atoms with Gasteiger partial charge in [-0.05, 0) is 6.42 Å². The Morgan fingerprint density at radius 2 is 0.824 bits per heavy atom. The van der Waals surface area contributed by atoms with Gasteiger partial charge in [0, 0.05) is 0 Å². The van der Waals surface area contributed by atoms with Crippen molar-refractivity contribution in [1.82, 2.24) is 0 Å². The summed E-state index contributed by atoms with van der Waals surface area (Å²) in [5.41, 5.74) is 0. The number of hydrogen-bond acceptors (Lipinski definition) is 8. The molecule has 0 aliphatic rings. The maximum Gasteiger partial charge on any atom is 0.397 e. The Morgan fingerprint density at radius 1 is 0.500 bits per heavy atom. The van der Waals surface area contributed by atoms with Gasteiger partial charge in [-0.25, -0.2) is 4.18 Å². The molecule has 0 aliphatic carbocycles. The van der Waals surface area contributed by atoms with Crippen LogP contribution in [0.2, 0.25) is 0 Å². The summed E-state index contributed by atoms with van der Waals surface area (Å²) in [6, 6.07) is 0. The number of unbranched alkanes of at least 4 members (excludes halogenated alkanes) is 13. The van der Waals surface area contributed by atoms with Crippen molar-refractivity contribution in [2.75, 3.05) is 59.5 Å². The molecule has 0 saturated heterocycles. The van der Waals surface area contributed by atoms with Gasteiger partial charge in [-0.2, -0.15) is 8.42 Å². The molecule has 10 heteroatoms. The van der Waals surface area contributed by atoms with Crippen LogP contribution < -0.4 is 0 Å². The Kier molecular flexibility index (Phi) is 32.4. The van der Waals surface area contributed by atoms with E-state index in [-0.39, 0.29) is 19.8 Å². The van der Waals surface area contributed by atoms with Crippen LogP contribution in [0, 0.1) is 0 Å². The summed E-state index contributed by atoms with van der Waals surface area (Å²) in [5, 5.41) is 16.7. The predicted octanol–water partition coefficient (Wildman–Crippen LogP) is 4.31. The molecule has 0 radical (unpaired) electrons. The van der Waals surface area contributed by atoms with Gasteiger partial charge in [0.25, 0.3) is 0 Å². The molecule has 3 N–H and O–H groups in total. The Bertz CT molecular complexity index is 451. The minimum Gasteiger partial charge on any atom is -0.394 e. The molecule has 0 amide bonds. The summed E-state index contributed by atoms with van der Waals surface area (Å²) in [4.78, 5) is 0. The Hall–Kier alpha value is -0.330. The minimum absolute atomic E-state index is 0.0413. The van der Waals surface area contributed by atoms with Crippen LogP contribution in [0.15, 0.2) is 0 Å². The molecule has 0 spiro atoms. The lowest BCUT2D eigenvalue weighted by Crippen LogP contribution is -2.11. The highest BCUT2D eigenvalue weighted by Crippen LogP contribution is 2.13. The molecular formula is C24H52O9S. The van der Waals surface area contributed by atoms with E-state index < -0.39 is 10.4 Å². The van der Waals surface area contributed by atoms with Crippen LogP contribution in [0.3, 0.4) is 0 Å². The van der Waals surface area contributed by atoms with Crippen LogP contribution in [-0.4, -0.2) is 82.6 Å². The maximum atomic E-state index is 10.3. The normalized spacial score (nSPS) is 11.4. The van der Waals surface area contributed by atoms with Crippen molar-refractivity contribution in [2.45, 2.75) is 96.8 Å². The summed E-state index contributed by atoms with van der Waals surface area (Å²) >= 11 is 0. The molecule has 0 aromatic heterocycles. The van der Waals surface area contributed by atoms with E-state index in [2.05, 4.69) is 11.1 Å². The molecule has 0 rings (SSSR count). The molecular weight excluding hydrogens is 464 g/mol. The molecule has 0 fully saturated rings. The van der Waals surface area contributed by atoms with Crippen molar-refractivity contribution in [3.05, 3.63) is 0 Å². The van der Waals surface area contributed by atoms with Gasteiger partial charge >= 0.3 is 10.4 Å². The number of aliphatic hydroxyl groups is 2. The average molecular weight is 517 g/mol. The lowest BCUT2D eigenvalue weighted by molar-refractivity contribution is 0.00230. The first kappa shape index (κ1) is 35.8. The number of ether oxygens (including phenoxy) is 3. The molecule has 34 heavy (non-hydrogen) atoms. The zero-order valence-electron chi connectivity index (χ0n) is 21.5. The van der Waals surface area contributed by atoms with Gasteiger partial charge in [-0.1, -0.05) is 90.4 Å². The zero-order valence-corrected chi connectivity index (χ0v) is 22.3. The Labute approximate surface area is 208 Å². The lowest BCUT2D eigenvalue weighted by atomic mass is 10.0. The standard InChI is InChI=1S/C16H34O4S.C8H18O5/c1-2-3-4-5-6-7-8-9-10-11-12-13-14-15-16-20-21(17,18)19;9-1-3-11-5-7-13-8-6-12-4-2-10/h2-16H2,1H3,(H,17,18,19);9-10H,1-8H2. The summed E-state index contributed by atoms with van der Waals surface area (Å²) in [6.45, 7) is 5.11. The molecule has 0 unspecified atom stereocenters. The van der Waals surface area contributed by atoms with E-state index in [1.807, 2.05) is 0 Å². The fourth-order valence-electron chi connectivity index (χ4n) is 3.13. The van der Waals surface area contributed by atoms with E-state index in [0.717, 1.165) is 12.8 Å². The SMILES string of the molecule is CCCCCCCCCCCCCCCCOS(=O)(=O)O.OCCOCCOCCOCCO. The largest absolute Gasteiger partial charge is 0.397 e. The van der Waals surface area contributed by atoms with E-state index >= 15 is 0 Å². The average Bonchev–Trinajstić information content (AvgIpc) is 2.80. The number of aliphatic hydroxyl groups excluding tert-OH is 2. The topological polar surface area (TPSA) is 132 Å². The zero-order chi connectivity index (χ0) is 25.6. The van der Waals surface area contributed by atoms with Crippen molar-refractivity contribution in [3.63, 3.8) is 0 Å². The summed E-state index contributed by atoms with van der Waals surface area (Å²) < 4.78 is 48.3. The smallest absolute Gasteiger partial charge is 0.394 e. The third kappa shape index (κ3) is 38.9. The van der Waals surface area contributed by atoms with Crippen LogP contribution in [0.25, 0.3) is 0 Å². The second-order valence-corrected chi connectivity index (χ2v) is 9.22. The summed E-state index contributed by atoms with van der Waals surface area (Å²) in [7, 11) is -4.24. The molecule has 0 aliphatic heterocycles. The van der Waals surface area contributed by atoms with Gasteiger partial charge in [0.15, 0.2) is 0 Å². The summed E-state index contributed by atoms with van der Waals surface area (Å²) in [6.07, 6.45) is 17.6. The van der Waals surface area contributed by atoms with Gasteiger partial charge < -0.3 is 24.4 Å². The monoisotopic (exact) mass is 516 g/mol. The number of hydrogen-bond donors (Lipinski definition) is 3. The van der Waals surface area contributed by atoms with Crippen LogP contribution in [0.4, 0.5) is 0 Å². The number of rotatable bonds is 26. The fraction of sp³-hybridized carbons (Fsp3) is 1.00. The first-order chi connectivity index (χ1) is 16.5. The molecule has 0 heterocycles. The van der Waals surface area contributed by atoms with Crippen molar-refractivity contribution >= 4 is 10.4 Å². The highest BCUT2D eigenvalue weighted by atomic mass is 32.3. The van der Waals surface area contributed by atoms with Crippen LogP contribution >= 0.6 is 0 Å². The molecule has 9 nitrogen and oxygen atoms in total. The van der Waals surface area contributed by atoms with Crippen molar-refractivity contribution < 1.29 is 41.6 Å². The summed E-state index contributed by atoms with van der Waals surface area (Å²) in [5.74, 6) is 0. The van der Waals surface area contributed by atoms with E-state index in [4.69, 9.17) is 29.0 Å². The Balaban J connectivity index is 0. The van der Waals surface area contributed by atoms with Gasteiger partial charge in [0.1, 0.15) is 0 Å². The first-order valence-corrected chi connectivity index (χ1v) is 14.4. The van der Waals surface area contributed by atoms with Gasteiger partial charge in [0.05, 0.1) is 59.5 Å².